The first-order chi connectivity index (χ1) is 16.6. The van der Waals surface area contributed by atoms with Crippen LogP contribution in [0.2, 0.25) is 0 Å². The Bertz CT molecular complexity index is 844. The van der Waals surface area contributed by atoms with Crippen molar-refractivity contribution in [2.45, 2.75) is 69.3 Å². The summed E-state index contributed by atoms with van der Waals surface area (Å²) in [6.45, 7) is 1.27. The minimum atomic E-state index is -1.77. The van der Waals surface area contributed by atoms with Gasteiger partial charge in [0.25, 0.3) is 0 Å². The van der Waals surface area contributed by atoms with E-state index in [9.17, 15) is 39.0 Å². The van der Waals surface area contributed by atoms with E-state index in [0.29, 0.717) is 0 Å². The van der Waals surface area contributed by atoms with Gasteiger partial charge in [-0.1, -0.05) is 0 Å². The van der Waals surface area contributed by atoms with Crippen molar-refractivity contribution in [3.05, 3.63) is 0 Å². The Balaban J connectivity index is 5.55. The average molecular weight is 520 g/mol. The number of carbonyl (C=O) groups is 6. The van der Waals surface area contributed by atoms with Crippen LogP contribution in [0.4, 0.5) is 0 Å². The minimum absolute atomic E-state index is 0.0663. The van der Waals surface area contributed by atoms with Gasteiger partial charge in [-0.3, -0.25) is 29.0 Å². The van der Waals surface area contributed by atoms with Crippen molar-refractivity contribution in [3.63, 3.8) is 0 Å². The number of carboxylic acid groups (broad SMARTS) is 3. The number of carboxylic acids is 3. The van der Waals surface area contributed by atoms with Crippen molar-refractivity contribution in [2.75, 3.05) is 6.54 Å². The first-order valence-corrected chi connectivity index (χ1v) is 10.7. The summed E-state index contributed by atoms with van der Waals surface area (Å²) in [5, 5.41) is 43.2. The van der Waals surface area contributed by atoms with E-state index in [1.54, 1.807) is 0 Å². The molecule has 0 saturated heterocycles. The van der Waals surface area contributed by atoms with Crippen LogP contribution in [-0.4, -0.2) is 98.8 Å². The Morgan fingerprint density at radius 3 is 1.81 bits per heavy atom. The Hall–Kier alpha value is -3.99. The van der Waals surface area contributed by atoms with Crippen LogP contribution in [0.25, 0.3) is 0 Å². The fourth-order valence-electron chi connectivity index (χ4n) is 2.71. The molecule has 0 rings (SSSR count). The summed E-state index contributed by atoms with van der Waals surface area (Å²) in [5.41, 5.74) is 15.8. The largest absolute Gasteiger partial charge is 0.481 e. The van der Waals surface area contributed by atoms with Gasteiger partial charge in [-0.05, 0) is 26.2 Å². The maximum Gasteiger partial charge on any atom is 0.326 e. The van der Waals surface area contributed by atoms with Crippen LogP contribution >= 0.6 is 0 Å². The molecule has 17 heteroatoms. The number of hydrogen-bond donors (Lipinski definition) is 10. The van der Waals surface area contributed by atoms with Crippen LogP contribution in [0, 0.1) is 0 Å². The maximum absolute atomic E-state index is 12.7. The highest BCUT2D eigenvalue weighted by molar-refractivity contribution is 5.95. The maximum atomic E-state index is 12.7. The molecule has 0 saturated carbocycles. The van der Waals surface area contributed by atoms with Crippen LogP contribution in [-0.2, 0) is 28.8 Å². The third-order valence-corrected chi connectivity index (χ3v) is 4.67. The quantitative estimate of drug-likeness (QED) is 0.0493. The zero-order valence-electron chi connectivity index (χ0n) is 19.5. The number of nitrogens with zero attached hydrogens (tertiary/aromatic N) is 1. The van der Waals surface area contributed by atoms with E-state index in [-0.39, 0.29) is 25.3 Å². The molecule has 0 spiro atoms. The summed E-state index contributed by atoms with van der Waals surface area (Å²) in [7, 11) is 0. The molecule has 0 aromatic heterocycles. The smallest absolute Gasteiger partial charge is 0.326 e. The van der Waals surface area contributed by atoms with Crippen molar-refractivity contribution in [2.24, 2.45) is 22.2 Å². The second-order valence-electron chi connectivity index (χ2n) is 7.77. The first kappa shape index (κ1) is 32.0. The topological polar surface area (TPSA) is 310 Å². The molecule has 0 aromatic rings. The van der Waals surface area contributed by atoms with Crippen molar-refractivity contribution >= 4 is 41.6 Å². The van der Waals surface area contributed by atoms with Gasteiger partial charge in [0.1, 0.15) is 24.2 Å². The third-order valence-electron chi connectivity index (χ3n) is 4.67. The van der Waals surface area contributed by atoms with E-state index in [4.69, 9.17) is 27.4 Å². The predicted octanol–water partition coefficient (Wildman–Crippen LogP) is -4.37. The normalized spacial score (nSPS) is 14.8. The summed E-state index contributed by atoms with van der Waals surface area (Å²) in [4.78, 5) is 74.8. The summed E-state index contributed by atoms with van der Waals surface area (Å²) in [6.07, 6.45) is -3.28. The second-order valence-corrected chi connectivity index (χ2v) is 7.77. The SMILES string of the molecule is CC(O)C(N)C(=O)NC(CCC(=O)O)C(=O)NC(CC(=O)O)C(=O)NC(CCCN=C(N)N)C(=O)O. The number of amides is 3. The van der Waals surface area contributed by atoms with Crippen molar-refractivity contribution in [1.82, 2.24) is 16.0 Å². The Labute approximate surface area is 205 Å². The van der Waals surface area contributed by atoms with Crippen LogP contribution < -0.4 is 33.2 Å². The number of nitrogens with one attached hydrogen (secondary N) is 3. The van der Waals surface area contributed by atoms with E-state index in [0.717, 1.165) is 0 Å². The van der Waals surface area contributed by atoms with Crippen LogP contribution in [0.3, 0.4) is 0 Å². The molecular weight excluding hydrogens is 486 g/mol. The first-order valence-electron chi connectivity index (χ1n) is 10.7. The van der Waals surface area contributed by atoms with Crippen LogP contribution in [0.1, 0.15) is 39.0 Å². The Kier molecular flexibility index (Phi) is 14.1. The van der Waals surface area contributed by atoms with Crippen molar-refractivity contribution in [3.8, 4) is 0 Å². The van der Waals surface area contributed by atoms with Gasteiger partial charge in [0.15, 0.2) is 5.96 Å². The standard InChI is InChI=1S/C19H33N7O10/c1-8(27)14(20)17(34)24-9(4-5-12(28)29)15(32)26-11(7-13(30)31)16(33)25-10(18(35)36)3-2-6-23-19(21)22/h8-11,14,27H,2-7,20H2,1H3,(H,24,34)(H,25,33)(H,26,32)(H,28,29)(H,30,31)(H,35,36)(H4,21,22,23). The molecule has 0 fully saturated rings. The van der Waals surface area contributed by atoms with E-state index in [1.807, 2.05) is 0 Å². The number of carbonyl (C=O) groups excluding carboxylic acids is 3. The number of aliphatic imine (C=N–C) groups is 1. The molecule has 0 bridgehead atoms. The van der Waals surface area contributed by atoms with Gasteiger partial charge in [-0.2, -0.15) is 0 Å². The molecule has 17 nitrogen and oxygen atoms in total. The van der Waals surface area contributed by atoms with Gasteiger partial charge in [0, 0.05) is 13.0 Å². The fraction of sp³-hybridized carbons (Fsp3) is 0.632. The molecule has 0 heterocycles. The summed E-state index contributed by atoms with van der Waals surface area (Å²) in [5.74, 6) is -7.75. The van der Waals surface area contributed by atoms with Gasteiger partial charge in [0.2, 0.25) is 17.7 Å². The second kappa shape index (κ2) is 15.8. The molecule has 3 amide bonds. The number of aliphatic hydroxyl groups is 1. The van der Waals surface area contributed by atoms with Crippen molar-refractivity contribution < 1.29 is 49.2 Å². The lowest BCUT2D eigenvalue weighted by atomic mass is 10.1. The molecule has 0 aromatic carbocycles. The highest BCUT2D eigenvalue weighted by Crippen LogP contribution is 2.05. The molecule has 5 atom stereocenters. The molecule has 0 radical (unpaired) electrons. The van der Waals surface area contributed by atoms with Gasteiger partial charge < -0.3 is 53.6 Å². The minimum Gasteiger partial charge on any atom is -0.481 e. The number of aliphatic carboxylic acids is 3. The lowest BCUT2D eigenvalue weighted by Crippen LogP contribution is -2.58. The van der Waals surface area contributed by atoms with E-state index < -0.39 is 85.2 Å². The average Bonchev–Trinajstić information content (AvgIpc) is 2.76. The summed E-state index contributed by atoms with van der Waals surface area (Å²) < 4.78 is 0. The van der Waals surface area contributed by atoms with Gasteiger partial charge in [-0.25, -0.2) is 4.79 Å². The highest BCUT2D eigenvalue weighted by atomic mass is 16.4. The number of hydrogen-bond acceptors (Lipinski definition) is 9. The highest BCUT2D eigenvalue weighted by Gasteiger charge is 2.32. The molecular formula is C19H33N7O10. The zero-order valence-corrected chi connectivity index (χ0v) is 19.5. The number of aliphatic hydroxyl groups excluding tert-OH is 1. The molecule has 5 unspecified atom stereocenters. The number of guanidine groups is 1. The Morgan fingerprint density at radius 2 is 1.33 bits per heavy atom. The van der Waals surface area contributed by atoms with E-state index in [2.05, 4.69) is 20.9 Å². The third kappa shape index (κ3) is 13.0. The number of nitrogens with two attached hydrogens (primary N) is 3. The zero-order chi connectivity index (χ0) is 28.0. The van der Waals surface area contributed by atoms with Gasteiger partial charge in [-0.15, -0.1) is 0 Å². The summed E-state index contributed by atoms with van der Waals surface area (Å²) in [6, 6.07) is -6.26. The molecule has 36 heavy (non-hydrogen) atoms. The Morgan fingerprint density at radius 1 is 0.806 bits per heavy atom. The lowest BCUT2D eigenvalue weighted by molar-refractivity contribution is -0.143. The monoisotopic (exact) mass is 519 g/mol. The van der Waals surface area contributed by atoms with Crippen LogP contribution in [0.5, 0.6) is 0 Å². The predicted molar refractivity (Wildman–Crippen MR) is 122 cm³/mol. The van der Waals surface area contributed by atoms with Gasteiger partial charge in [0.05, 0.1) is 12.5 Å². The molecule has 204 valence electrons. The lowest BCUT2D eigenvalue weighted by Gasteiger charge is -2.24. The van der Waals surface area contributed by atoms with Crippen LogP contribution in [0.15, 0.2) is 4.99 Å². The van der Waals surface area contributed by atoms with E-state index in [1.165, 1.54) is 6.92 Å². The molecule has 0 aliphatic carbocycles. The van der Waals surface area contributed by atoms with Gasteiger partial charge >= 0.3 is 17.9 Å². The van der Waals surface area contributed by atoms with Crippen molar-refractivity contribution in [1.29, 1.82) is 0 Å². The molecule has 0 aliphatic rings. The molecule has 0 aliphatic heterocycles. The summed E-state index contributed by atoms with van der Waals surface area (Å²) >= 11 is 0. The fourth-order valence-corrected chi connectivity index (χ4v) is 2.71. The van der Waals surface area contributed by atoms with E-state index >= 15 is 0 Å². The number of rotatable bonds is 17. The molecule has 13 N–H and O–H groups in total.